The maximum Gasteiger partial charge on any atom is 0.249 e. The number of aliphatic hydroxyl groups is 3. The molecule has 0 aliphatic carbocycles. The van der Waals surface area contributed by atoms with Gasteiger partial charge in [0.25, 0.3) is 0 Å². The number of hydrogen-bond acceptors (Lipinski definition) is 4. The Hall–Kier alpha value is -1.95. The third kappa shape index (κ3) is 30.5. The number of carbonyl (C=O) groups is 1. The van der Waals surface area contributed by atoms with Gasteiger partial charge in [-0.15, -0.1) is 0 Å². The summed E-state index contributed by atoms with van der Waals surface area (Å²) in [6.07, 6.45) is 45.4. The van der Waals surface area contributed by atoms with E-state index in [9.17, 15) is 20.1 Å². The van der Waals surface area contributed by atoms with Crippen molar-refractivity contribution < 1.29 is 20.1 Å². The summed E-state index contributed by atoms with van der Waals surface area (Å²) in [7, 11) is 0. The van der Waals surface area contributed by atoms with E-state index < -0.39 is 30.8 Å². The van der Waals surface area contributed by atoms with Gasteiger partial charge in [-0.2, -0.15) is 0 Å². The fourth-order valence-corrected chi connectivity index (χ4v) is 5.08. The van der Waals surface area contributed by atoms with Crippen molar-refractivity contribution in [2.45, 2.75) is 180 Å². The zero-order chi connectivity index (χ0) is 33.1. The van der Waals surface area contributed by atoms with Crippen molar-refractivity contribution in [2.24, 2.45) is 0 Å². The van der Waals surface area contributed by atoms with Crippen LogP contribution >= 0.6 is 0 Å². The van der Waals surface area contributed by atoms with Gasteiger partial charge < -0.3 is 20.6 Å². The first-order chi connectivity index (χ1) is 22.1. The summed E-state index contributed by atoms with van der Waals surface area (Å²) >= 11 is 0. The van der Waals surface area contributed by atoms with E-state index in [0.29, 0.717) is 0 Å². The predicted octanol–water partition coefficient (Wildman–Crippen LogP) is 9.98. The molecule has 0 aliphatic rings. The van der Waals surface area contributed by atoms with Crippen LogP contribution in [0, 0.1) is 0 Å². The van der Waals surface area contributed by atoms with Gasteiger partial charge in [0.15, 0.2) is 0 Å². The smallest absolute Gasteiger partial charge is 0.249 e. The highest BCUT2D eigenvalue weighted by atomic mass is 16.3. The summed E-state index contributed by atoms with van der Waals surface area (Å²) in [5.74, 6) is -0.588. The summed E-state index contributed by atoms with van der Waals surface area (Å²) in [4.78, 5) is 12.3. The molecular weight excluding hydrogens is 558 g/mol. The number of rotatable bonds is 32. The van der Waals surface area contributed by atoms with E-state index in [0.717, 1.165) is 38.5 Å². The lowest BCUT2D eigenvalue weighted by Gasteiger charge is -2.21. The van der Waals surface area contributed by atoms with Gasteiger partial charge >= 0.3 is 0 Å². The number of carbonyl (C=O) groups excluding carboxylic acids is 1. The summed E-state index contributed by atoms with van der Waals surface area (Å²) in [6.45, 7) is 4.09. The van der Waals surface area contributed by atoms with Crippen LogP contribution in [0.25, 0.3) is 0 Å². The molecule has 0 fully saturated rings. The number of hydrogen-bond donors (Lipinski definition) is 4. The summed E-state index contributed by atoms with van der Waals surface area (Å²) in [6, 6.07) is -0.852. The van der Waals surface area contributed by atoms with Crippen LogP contribution in [-0.2, 0) is 4.79 Å². The Morgan fingerprint density at radius 2 is 0.978 bits per heavy atom. The van der Waals surface area contributed by atoms with E-state index in [-0.39, 0.29) is 6.42 Å². The van der Waals surface area contributed by atoms with Crippen molar-refractivity contribution >= 4 is 5.91 Å². The molecule has 260 valence electrons. The van der Waals surface area contributed by atoms with Crippen LogP contribution in [0.3, 0.4) is 0 Å². The van der Waals surface area contributed by atoms with Gasteiger partial charge in [-0.05, 0) is 57.8 Å². The highest BCUT2D eigenvalue weighted by Crippen LogP contribution is 2.11. The highest BCUT2D eigenvalue weighted by Gasteiger charge is 2.22. The normalized spacial score (nSPS) is 14.5. The van der Waals surface area contributed by atoms with E-state index in [1.54, 1.807) is 12.2 Å². The maximum atomic E-state index is 12.3. The quantitative estimate of drug-likeness (QED) is 0.0440. The van der Waals surface area contributed by atoms with Gasteiger partial charge in [0.05, 0.1) is 18.8 Å². The van der Waals surface area contributed by atoms with Crippen LogP contribution < -0.4 is 5.32 Å². The summed E-state index contributed by atoms with van der Waals surface area (Å²) in [5.41, 5.74) is 0. The molecule has 0 aliphatic heterocycles. The van der Waals surface area contributed by atoms with Crippen LogP contribution in [0.4, 0.5) is 0 Å². The molecule has 0 spiro atoms. The monoisotopic (exact) mass is 630 g/mol. The molecule has 0 aromatic heterocycles. The van der Waals surface area contributed by atoms with E-state index in [4.69, 9.17) is 0 Å². The molecule has 0 saturated heterocycles. The van der Waals surface area contributed by atoms with Crippen LogP contribution in [0.15, 0.2) is 60.8 Å². The maximum absolute atomic E-state index is 12.3. The zero-order valence-corrected chi connectivity index (χ0v) is 29.2. The predicted molar refractivity (Wildman–Crippen MR) is 194 cm³/mol. The van der Waals surface area contributed by atoms with Gasteiger partial charge in [-0.3, -0.25) is 4.79 Å². The SMILES string of the molecule is CCCCCCCC/C=C\C/C=C\CC(O)C(=O)NC(CO)C(O)/C=C/CC/C=C/CC/C=C/CCCCCCCCCCC. The van der Waals surface area contributed by atoms with Gasteiger partial charge in [0.1, 0.15) is 6.10 Å². The van der Waals surface area contributed by atoms with E-state index >= 15 is 0 Å². The van der Waals surface area contributed by atoms with Crippen molar-refractivity contribution in [2.75, 3.05) is 6.61 Å². The molecule has 0 bridgehead atoms. The Bertz CT molecular complexity index is 785. The third-order valence-corrected chi connectivity index (χ3v) is 8.07. The standard InChI is InChI=1S/C40H71NO4/c1-3-5-7-9-11-13-15-17-18-19-20-21-22-23-25-26-28-30-32-34-38(43)37(36-42)41-40(45)39(44)35-33-31-29-27-24-16-14-12-10-8-6-4-2/h20-21,24-27,31-34,37-39,42-44H,3-19,22-23,28-30,35-36H2,1-2H3,(H,41,45)/b21-20+,26-25+,27-24-,33-31-,34-32+. The number of amides is 1. The molecule has 3 unspecified atom stereocenters. The minimum Gasteiger partial charge on any atom is -0.394 e. The average Bonchev–Trinajstić information content (AvgIpc) is 3.04. The Labute approximate surface area is 278 Å². The Balaban J connectivity index is 3.92. The van der Waals surface area contributed by atoms with E-state index in [2.05, 4.69) is 55.6 Å². The first-order valence-electron chi connectivity index (χ1n) is 18.6. The lowest BCUT2D eigenvalue weighted by molar-refractivity contribution is -0.131. The number of allylic oxidation sites excluding steroid dienone is 8. The second kappa shape index (κ2) is 34.9. The second-order valence-corrected chi connectivity index (χ2v) is 12.4. The molecule has 5 heteroatoms. The van der Waals surface area contributed by atoms with Crippen molar-refractivity contribution in [3.63, 3.8) is 0 Å². The van der Waals surface area contributed by atoms with Gasteiger partial charge in [0, 0.05) is 6.42 Å². The second-order valence-electron chi connectivity index (χ2n) is 12.4. The van der Waals surface area contributed by atoms with E-state index in [1.807, 2.05) is 12.2 Å². The summed E-state index contributed by atoms with van der Waals surface area (Å²) < 4.78 is 0. The molecule has 4 N–H and O–H groups in total. The highest BCUT2D eigenvalue weighted by molar-refractivity contribution is 5.81. The molecule has 45 heavy (non-hydrogen) atoms. The van der Waals surface area contributed by atoms with Crippen LogP contribution in [-0.4, -0.2) is 46.1 Å². The summed E-state index contributed by atoms with van der Waals surface area (Å²) in [5, 5.41) is 32.8. The van der Waals surface area contributed by atoms with Crippen LogP contribution in [0.2, 0.25) is 0 Å². The number of aliphatic hydroxyl groups excluding tert-OH is 3. The third-order valence-electron chi connectivity index (χ3n) is 8.07. The molecule has 5 nitrogen and oxygen atoms in total. The van der Waals surface area contributed by atoms with Gasteiger partial charge in [0.2, 0.25) is 5.91 Å². The zero-order valence-electron chi connectivity index (χ0n) is 29.2. The molecule has 1 amide bonds. The molecule has 0 aromatic rings. The van der Waals surface area contributed by atoms with Crippen molar-refractivity contribution in [1.29, 1.82) is 0 Å². The largest absolute Gasteiger partial charge is 0.394 e. The Morgan fingerprint density at radius 3 is 1.49 bits per heavy atom. The average molecular weight is 630 g/mol. The van der Waals surface area contributed by atoms with E-state index in [1.165, 1.54) is 103 Å². The van der Waals surface area contributed by atoms with Crippen molar-refractivity contribution in [3.8, 4) is 0 Å². The molecule has 0 aromatic carbocycles. The molecule has 3 atom stereocenters. The lowest BCUT2D eigenvalue weighted by atomic mass is 10.1. The first kappa shape index (κ1) is 43.0. The van der Waals surface area contributed by atoms with Crippen LogP contribution in [0.5, 0.6) is 0 Å². The Morgan fingerprint density at radius 1 is 0.556 bits per heavy atom. The molecule has 0 heterocycles. The number of nitrogens with one attached hydrogen (secondary N) is 1. The van der Waals surface area contributed by atoms with Crippen molar-refractivity contribution in [1.82, 2.24) is 5.32 Å². The molecule has 0 saturated carbocycles. The minimum absolute atomic E-state index is 0.197. The molecule has 0 rings (SSSR count). The van der Waals surface area contributed by atoms with Gasteiger partial charge in [-0.1, -0.05) is 158 Å². The molecule has 0 radical (unpaired) electrons. The van der Waals surface area contributed by atoms with Crippen LogP contribution in [0.1, 0.15) is 162 Å². The Kier molecular flexibility index (Phi) is 33.4. The lowest BCUT2D eigenvalue weighted by Crippen LogP contribution is -2.48. The fourth-order valence-electron chi connectivity index (χ4n) is 5.08. The topological polar surface area (TPSA) is 89.8 Å². The van der Waals surface area contributed by atoms with Gasteiger partial charge in [-0.25, -0.2) is 0 Å². The number of unbranched alkanes of at least 4 members (excludes halogenated alkanes) is 17. The molecular formula is C40H71NO4. The van der Waals surface area contributed by atoms with Crippen molar-refractivity contribution in [3.05, 3.63) is 60.8 Å². The first-order valence-corrected chi connectivity index (χ1v) is 18.6. The minimum atomic E-state index is -1.21. The fraction of sp³-hybridized carbons (Fsp3) is 0.725.